The van der Waals surface area contributed by atoms with Crippen molar-refractivity contribution in [3.63, 3.8) is 0 Å². The number of hydrogen-bond acceptors (Lipinski definition) is 7. The minimum Gasteiger partial charge on any atom is -0.326 e. The summed E-state index contributed by atoms with van der Waals surface area (Å²) in [5.74, 6) is 0.677. The zero-order valence-electron chi connectivity index (χ0n) is 21.2. The highest BCUT2D eigenvalue weighted by molar-refractivity contribution is 7.89. The molecule has 0 spiro atoms. The van der Waals surface area contributed by atoms with Crippen LogP contribution in [0.3, 0.4) is 0 Å². The van der Waals surface area contributed by atoms with E-state index < -0.39 is 10.0 Å². The van der Waals surface area contributed by atoms with Crippen molar-refractivity contribution in [3.05, 3.63) is 60.8 Å². The van der Waals surface area contributed by atoms with Gasteiger partial charge >= 0.3 is 0 Å². The molecule has 1 amide bonds. The first-order valence-corrected chi connectivity index (χ1v) is 13.4. The second-order valence-electron chi connectivity index (χ2n) is 9.19. The molecular formula is C26H34N6O3S. The third-order valence-corrected chi connectivity index (χ3v) is 6.69. The molecule has 3 aromatic rings. The number of aromatic nitrogens is 2. The Labute approximate surface area is 213 Å². The van der Waals surface area contributed by atoms with Gasteiger partial charge in [-0.05, 0) is 75.4 Å². The van der Waals surface area contributed by atoms with E-state index in [1.54, 1.807) is 36.5 Å². The predicted octanol–water partition coefficient (Wildman–Crippen LogP) is 4.10. The number of carbonyl (C=O) groups is 1. The van der Waals surface area contributed by atoms with Gasteiger partial charge in [-0.15, -0.1) is 0 Å². The van der Waals surface area contributed by atoms with Gasteiger partial charge < -0.3 is 15.5 Å². The van der Waals surface area contributed by atoms with Gasteiger partial charge in [0.15, 0.2) is 0 Å². The quantitative estimate of drug-likeness (QED) is 0.314. The van der Waals surface area contributed by atoms with E-state index in [9.17, 15) is 13.2 Å². The summed E-state index contributed by atoms with van der Waals surface area (Å²) < 4.78 is 27.6. The summed E-state index contributed by atoms with van der Waals surface area (Å²) in [7, 11) is 0.339. The molecule has 0 atom stereocenters. The van der Waals surface area contributed by atoms with E-state index in [1.807, 2.05) is 57.1 Å². The summed E-state index contributed by atoms with van der Waals surface area (Å²) in [6.45, 7) is 5.20. The molecule has 0 bridgehead atoms. The number of nitrogens with zero attached hydrogens (tertiary/aromatic N) is 3. The number of hydrogen-bond donors (Lipinski definition) is 3. The van der Waals surface area contributed by atoms with E-state index in [-0.39, 0.29) is 10.8 Å². The Morgan fingerprint density at radius 1 is 0.972 bits per heavy atom. The Bertz CT molecular complexity index is 1240. The highest BCUT2D eigenvalue weighted by atomic mass is 32.2. The Morgan fingerprint density at radius 3 is 2.28 bits per heavy atom. The number of rotatable bonds is 12. The minimum atomic E-state index is -3.56. The fraction of sp³-hybridized carbons (Fsp3) is 0.346. The van der Waals surface area contributed by atoms with E-state index in [0.717, 1.165) is 24.2 Å². The maximum atomic E-state index is 12.5. The summed E-state index contributed by atoms with van der Waals surface area (Å²) in [6.07, 6.45) is 2.86. The fourth-order valence-electron chi connectivity index (χ4n) is 3.42. The summed E-state index contributed by atoms with van der Waals surface area (Å²) in [5, 5.41) is 6.01. The maximum Gasteiger partial charge on any atom is 0.240 e. The molecule has 1 heterocycles. The number of carbonyl (C=O) groups excluding carboxylic acids is 1. The number of benzene rings is 2. The Balaban J connectivity index is 1.62. The van der Waals surface area contributed by atoms with Crippen LogP contribution in [0.15, 0.2) is 65.7 Å². The SMILES string of the molecule is CC(C)CC(=O)Nc1ccc(-c2ccnc(Nc3ccc(S(=O)(=O)NCCCN(C)C)cc3)n2)cc1. The van der Waals surface area contributed by atoms with Gasteiger partial charge in [0, 0.05) is 36.1 Å². The average Bonchev–Trinajstić information content (AvgIpc) is 2.82. The lowest BCUT2D eigenvalue weighted by atomic mass is 10.1. The molecule has 0 aliphatic heterocycles. The van der Waals surface area contributed by atoms with Crippen molar-refractivity contribution in [2.75, 3.05) is 37.8 Å². The van der Waals surface area contributed by atoms with Gasteiger partial charge in [0.1, 0.15) is 0 Å². The lowest BCUT2D eigenvalue weighted by molar-refractivity contribution is -0.116. The van der Waals surface area contributed by atoms with Crippen molar-refractivity contribution < 1.29 is 13.2 Å². The van der Waals surface area contributed by atoms with E-state index in [4.69, 9.17) is 0 Å². The number of nitrogens with one attached hydrogen (secondary N) is 3. The lowest BCUT2D eigenvalue weighted by Crippen LogP contribution is -2.27. The zero-order valence-corrected chi connectivity index (χ0v) is 22.0. The molecule has 10 heteroatoms. The summed E-state index contributed by atoms with van der Waals surface area (Å²) in [6, 6.07) is 15.7. The molecule has 192 valence electrons. The molecule has 2 aromatic carbocycles. The van der Waals surface area contributed by atoms with Crippen LogP contribution in [0.2, 0.25) is 0 Å². The van der Waals surface area contributed by atoms with Crippen LogP contribution in [-0.2, 0) is 14.8 Å². The topological polar surface area (TPSA) is 116 Å². The van der Waals surface area contributed by atoms with Gasteiger partial charge in [-0.1, -0.05) is 26.0 Å². The van der Waals surface area contributed by atoms with Gasteiger partial charge in [-0.25, -0.2) is 23.1 Å². The summed E-state index contributed by atoms with van der Waals surface area (Å²) in [5.41, 5.74) is 3.00. The van der Waals surface area contributed by atoms with Gasteiger partial charge in [-0.3, -0.25) is 4.79 Å². The number of anilines is 3. The molecule has 9 nitrogen and oxygen atoms in total. The largest absolute Gasteiger partial charge is 0.326 e. The summed E-state index contributed by atoms with van der Waals surface area (Å²) >= 11 is 0. The smallest absolute Gasteiger partial charge is 0.240 e. The Morgan fingerprint density at radius 2 is 1.64 bits per heavy atom. The van der Waals surface area contributed by atoms with Crippen LogP contribution in [0.5, 0.6) is 0 Å². The van der Waals surface area contributed by atoms with Gasteiger partial charge in [0.25, 0.3) is 0 Å². The highest BCUT2D eigenvalue weighted by Gasteiger charge is 2.13. The van der Waals surface area contributed by atoms with Crippen molar-refractivity contribution in [3.8, 4) is 11.3 Å². The number of amides is 1. The molecule has 0 fully saturated rings. The molecule has 0 aliphatic rings. The molecule has 3 rings (SSSR count). The molecule has 0 aliphatic carbocycles. The lowest BCUT2D eigenvalue weighted by Gasteiger charge is -2.11. The first-order valence-electron chi connectivity index (χ1n) is 11.9. The van der Waals surface area contributed by atoms with Crippen LogP contribution >= 0.6 is 0 Å². The second kappa shape index (κ2) is 12.6. The van der Waals surface area contributed by atoms with Crippen LogP contribution in [0.4, 0.5) is 17.3 Å². The first-order chi connectivity index (χ1) is 17.1. The Hall–Kier alpha value is -3.34. The molecule has 36 heavy (non-hydrogen) atoms. The molecule has 0 unspecified atom stereocenters. The van der Waals surface area contributed by atoms with Crippen LogP contribution in [0.1, 0.15) is 26.7 Å². The van der Waals surface area contributed by atoms with E-state index in [2.05, 4.69) is 25.3 Å². The van der Waals surface area contributed by atoms with Crippen molar-refractivity contribution in [1.29, 1.82) is 0 Å². The van der Waals surface area contributed by atoms with Crippen LogP contribution in [0.25, 0.3) is 11.3 Å². The van der Waals surface area contributed by atoms with Gasteiger partial charge in [-0.2, -0.15) is 0 Å². The van der Waals surface area contributed by atoms with Crippen molar-refractivity contribution in [2.24, 2.45) is 5.92 Å². The van der Waals surface area contributed by atoms with E-state index >= 15 is 0 Å². The number of sulfonamides is 1. The van der Waals surface area contributed by atoms with Gasteiger partial charge in [0.2, 0.25) is 21.9 Å². The predicted molar refractivity (Wildman–Crippen MR) is 144 cm³/mol. The third kappa shape index (κ3) is 8.40. The van der Waals surface area contributed by atoms with Crippen LogP contribution < -0.4 is 15.4 Å². The molecule has 3 N–H and O–H groups in total. The van der Waals surface area contributed by atoms with E-state index in [1.165, 1.54) is 0 Å². The molecule has 0 saturated carbocycles. The Kier molecular flexibility index (Phi) is 9.51. The molecular weight excluding hydrogens is 476 g/mol. The highest BCUT2D eigenvalue weighted by Crippen LogP contribution is 2.22. The van der Waals surface area contributed by atoms with Crippen LogP contribution in [-0.4, -0.2) is 56.4 Å². The first kappa shape index (κ1) is 27.3. The average molecular weight is 511 g/mol. The summed E-state index contributed by atoms with van der Waals surface area (Å²) in [4.78, 5) is 23.0. The molecule has 0 radical (unpaired) electrons. The third-order valence-electron chi connectivity index (χ3n) is 5.21. The van der Waals surface area contributed by atoms with E-state index in [0.29, 0.717) is 36.2 Å². The standard InChI is InChI=1S/C26H34N6O3S/c1-19(2)18-25(33)29-21-8-6-20(7-9-21)24-14-16-27-26(31-24)30-22-10-12-23(13-11-22)36(34,35)28-15-5-17-32(3)4/h6-14,16,19,28H,5,15,17-18H2,1-4H3,(H,29,33)(H,27,30,31). The van der Waals surface area contributed by atoms with Crippen LogP contribution in [0, 0.1) is 5.92 Å². The maximum absolute atomic E-state index is 12.5. The van der Waals surface area contributed by atoms with Crippen molar-refractivity contribution in [2.45, 2.75) is 31.6 Å². The zero-order chi connectivity index (χ0) is 26.1. The van der Waals surface area contributed by atoms with Crippen molar-refractivity contribution in [1.82, 2.24) is 19.6 Å². The minimum absolute atomic E-state index is 0.00908. The van der Waals surface area contributed by atoms with Gasteiger partial charge in [0.05, 0.1) is 10.6 Å². The molecule has 0 saturated heterocycles. The monoisotopic (exact) mass is 510 g/mol. The fourth-order valence-corrected chi connectivity index (χ4v) is 4.49. The normalized spacial score (nSPS) is 11.6. The van der Waals surface area contributed by atoms with Crippen molar-refractivity contribution >= 4 is 33.3 Å². The second-order valence-corrected chi connectivity index (χ2v) is 11.0. The molecule has 1 aromatic heterocycles.